The van der Waals surface area contributed by atoms with Crippen LogP contribution in [0.25, 0.3) is 0 Å². The molecule has 0 spiro atoms. The van der Waals surface area contributed by atoms with E-state index in [4.69, 9.17) is 14.2 Å². The Morgan fingerprint density at radius 2 is 1.40 bits per heavy atom. The molecule has 0 fully saturated rings. The molecule has 130 valence electrons. The van der Waals surface area contributed by atoms with Gasteiger partial charge in [0, 0.05) is 16.7 Å². The number of carbonyl (C=O) groups excluding carboxylic acids is 2. The monoisotopic (exact) mass is 344 g/mol. The molecule has 1 aliphatic rings. The molecule has 0 aromatic heterocycles. The lowest BCUT2D eigenvalue weighted by molar-refractivity contribution is 0.0972. The van der Waals surface area contributed by atoms with Gasteiger partial charge in [-0.05, 0) is 19.1 Å². The second kappa shape index (κ2) is 5.70. The number of aromatic hydroxyl groups is 2. The number of carbonyl (C=O) groups is 2. The first kappa shape index (κ1) is 16.6. The van der Waals surface area contributed by atoms with E-state index >= 15 is 0 Å². The standard InChI is InChI=1S/C18H16O7/c1-7-10(19)5-8-12(14(7)20)16(22)13-9(15(8)21)6-11(23-2)17(24-3)18(13)25-4/h5-6,19-20H,1-4H3. The zero-order chi connectivity index (χ0) is 18.5. The molecule has 0 bridgehead atoms. The van der Waals surface area contributed by atoms with E-state index in [9.17, 15) is 19.8 Å². The fourth-order valence-electron chi connectivity index (χ4n) is 2.99. The van der Waals surface area contributed by atoms with E-state index in [0.29, 0.717) is 0 Å². The van der Waals surface area contributed by atoms with Crippen LogP contribution < -0.4 is 14.2 Å². The summed E-state index contributed by atoms with van der Waals surface area (Å²) in [5.74, 6) is -1.39. The second-order valence-electron chi connectivity index (χ2n) is 5.52. The van der Waals surface area contributed by atoms with E-state index < -0.39 is 17.3 Å². The first-order chi connectivity index (χ1) is 11.9. The van der Waals surface area contributed by atoms with E-state index in [1.807, 2.05) is 0 Å². The molecule has 0 amide bonds. The number of benzene rings is 2. The van der Waals surface area contributed by atoms with Crippen LogP contribution in [0.5, 0.6) is 28.7 Å². The normalized spacial score (nSPS) is 12.5. The van der Waals surface area contributed by atoms with Crippen LogP contribution in [-0.4, -0.2) is 43.1 Å². The smallest absolute Gasteiger partial charge is 0.204 e. The van der Waals surface area contributed by atoms with Crippen molar-refractivity contribution in [2.45, 2.75) is 6.92 Å². The summed E-state index contributed by atoms with van der Waals surface area (Å²) in [4.78, 5) is 25.9. The van der Waals surface area contributed by atoms with Crippen LogP contribution in [0.2, 0.25) is 0 Å². The highest BCUT2D eigenvalue weighted by Crippen LogP contribution is 2.47. The highest BCUT2D eigenvalue weighted by atomic mass is 16.5. The number of rotatable bonds is 3. The summed E-state index contributed by atoms with van der Waals surface area (Å²) in [7, 11) is 4.12. The van der Waals surface area contributed by atoms with E-state index in [0.717, 1.165) is 0 Å². The third-order valence-corrected chi connectivity index (χ3v) is 4.30. The summed E-state index contributed by atoms with van der Waals surface area (Å²) in [6.07, 6.45) is 0. The van der Waals surface area contributed by atoms with Crippen LogP contribution in [0.3, 0.4) is 0 Å². The Kier molecular flexibility index (Phi) is 3.79. The van der Waals surface area contributed by atoms with E-state index in [1.54, 1.807) is 0 Å². The molecule has 0 heterocycles. The predicted molar refractivity (Wildman–Crippen MR) is 87.5 cm³/mol. The number of ketones is 2. The Hall–Kier alpha value is -3.22. The zero-order valence-electron chi connectivity index (χ0n) is 14.1. The Bertz CT molecular complexity index is 928. The van der Waals surface area contributed by atoms with Crippen molar-refractivity contribution in [3.05, 3.63) is 39.9 Å². The van der Waals surface area contributed by atoms with E-state index in [2.05, 4.69) is 0 Å². The maximum atomic E-state index is 13.0. The van der Waals surface area contributed by atoms with Gasteiger partial charge in [-0.25, -0.2) is 0 Å². The van der Waals surface area contributed by atoms with Crippen molar-refractivity contribution in [1.29, 1.82) is 0 Å². The van der Waals surface area contributed by atoms with Crippen molar-refractivity contribution >= 4 is 11.6 Å². The molecule has 2 aromatic rings. The van der Waals surface area contributed by atoms with Crippen molar-refractivity contribution < 1.29 is 34.0 Å². The van der Waals surface area contributed by atoms with E-state index in [-0.39, 0.29) is 50.8 Å². The summed E-state index contributed by atoms with van der Waals surface area (Å²) < 4.78 is 15.8. The van der Waals surface area contributed by atoms with Gasteiger partial charge in [-0.2, -0.15) is 0 Å². The van der Waals surface area contributed by atoms with Gasteiger partial charge in [0.1, 0.15) is 11.5 Å². The summed E-state index contributed by atoms with van der Waals surface area (Å²) in [6, 6.07) is 2.56. The molecule has 2 N–H and O–H groups in total. The number of ether oxygens (including phenoxy) is 3. The van der Waals surface area contributed by atoms with Crippen molar-refractivity contribution in [3.63, 3.8) is 0 Å². The molecular formula is C18H16O7. The Balaban J connectivity index is 2.42. The van der Waals surface area contributed by atoms with Crippen LogP contribution in [0.1, 0.15) is 37.4 Å². The highest BCUT2D eigenvalue weighted by molar-refractivity contribution is 6.31. The third kappa shape index (κ3) is 2.12. The fraction of sp³-hybridized carbons (Fsp3) is 0.222. The van der Waals surface area contributed by atoms with Crippen molar-refractivity contribution in [3.8, 4) is 28.7 Å². The number of methoxy groups -OCH3 is 3. The molecule has 3 rings (SSSR count). The van der Waals surface area contributed by atoms with Crippen molar-refractivity contribution in [1.82, 2.24) is 0 Å². The molecule has 0 aliphatic heterocycles. The molecular weight excluding hydrogens is 328 g/mol. The molecule has 1 aliphatic carbocycles. The van der Waals surface area contributed by atoms with Crippen molar-refractivity contribution in [2.24, 2.45) is 0 Å². The minimum atomic E-state index is -0.594. The molecule has 0 saturated heterocycles. The molecule has 0 radical (unpaired) electrons. The maximum absolute atomic E-state index is 13.0. The molecule has 0 saturated carbocycles. The molecule has 0 atom stereocenters. The number of hydrogen-bond acceptors (Lipinski definition) is 7. The van der Waals surface area contributed by atoms with Gasteiger partial charge in [0.2, 0.25) is 11.5 Å². The lowest BCUT2D eigenvalue weighted by Gasteiger charge is -2.24. The first-order valence-electron chi connectivity index (χ1n) is 7.35. The fourth-order valence-corrected chi connectivity index (χ4v) is 2.99. The largest absolute Gasteiger partial charge is 0.508 e. The van der Waals surface area contributed by atoms with Gasteiger partial charge in [-0.1, -0.05) is 0 Å². The van der Waals surface area contributed by atoms with Gasteiger partial charge in [0.25, 0.3) is 0 Å². The topological polar surface area (TPSA) is 102 Å². The van der Waals surface area contributed by atoms with Crippen LogP contribution in [0.4, 0.5) is 0 Å². The van der Waals surface area contributed by atoms with Gasteiger partial charge >= 0.3 is 0 Å². The van der Waals surface area contributed by atoms with Crippen LogP contribution in [-0.2, 0) is 0 Å². The maximum Gasteiger partial charge on any atom is 0.204 e. The Morgan fingerprint density at radius 1 is 0.800 bits per heavy atom. The summed E-state index contributed by atoms with van der Waals surface area (Å²) in [5.41, 5.74) is -0.0961. The predicted octanol–water partition coefficient (Wildman–Crippen LogP) is 2.21. The number of hydrogen-bond donors (Lipinski definition) is 2. The SMILES string of the molecule is COc1cc2c(c(OC)c1OC)C(=O)c1c(cc(O)c(C)c1O)C2=O. The lowest BCUT2D eigenvalue weighted by atomic mass is 9.81. The van der Waals surface area contributed by atoms with Crippen LogP contribution >= 0.6 is 0 Å². The van der Waals surface area contributed by atoms with Crippen molar-refractivity contribution in [2.75, 3.05) is 21.3 Å². The van der Waals surface area contributed by atoms with Crippen LogP contribution in [0, 0.1) is 6.92 Å². The molecule has 7 heteroatoms. The highest BCUT2D eigenvalue weighted by Gasteiger charge is 2.38. The quantitative estimate of drug-likeness (QED) is 0.751. The molecule has 25 heavy (non-hydrogen) atoms. The van der Waals surface area contributed by atoms with Gasteiger partial charge < -0.3 is 24.4 Å². The zero-order valence-corrected chi connectivity index (χ0v) is 14.1. The average molecular weight is 344 g/mol. The molecule has 7 nitrogen and oxygen atoms in total. The average Bonchev–Trinajstić information content (AvgIpc) is 2.61. The Labute approximate surface area is 143 Å². The summed E-state index contributed by atoms with van der Waals surface area (Å²) in [6.45, 7) is 1.45. The third-order valence-electron chi connectivity index (χ3n) is 4.30. The van der Waals surface area contributed by atoms with Crippen LogP contribution in [0.15, 0.2) is 12.1 Å². The lowest BCUT2D eigenvalue weighted by Crippen LogP contribution is -2.23. The van der Waals surface area contributed by atoms with Gasteiger partial charge in [-0.3, -0.25) is 9.59 Å². The second-order valence-corrected chi connectivity index (χ2v) is 5.52. The Morgan fingerprint density at radius 3 is 1.96 bits per heavy atom. The van der Waals surface area contributed by atoms with Gasteiger partial charge in [-0.15, -0.1) is 0 Å². The minimum absolute atomic E-state index is 0.0157. The first-order valence-corrected chi connectivity index (χ1v) is 7.35. The minimum Gasteiger partial charge on any atom is -0.508 e. The van der Waals surface area contributed by atoms with Gasteiger partial charge in [0.15, 0.2) is 17.3 Å². The number of phenols is 2. The molecule has 2 aromatic carbocycles. The number of phenolic OH excluding ortho intramolecular Hbond substituents is 2. The van der Waals surface area contributed by atoms with Gasteiger partial charge in [0.05, 0.1) is 32.5 Å². The molecule has 0 unspecified atom stereocenters. The van der Waals surface area contributed by atoms with E-state index in [1.165, 1.54) is 40.4 Å². The summed E-state index contributed by atoms with van der Waals surface area (Å²) >= 11 is 0. The number of fused-ring (bicyclic) bond motifs is 2. The summed E-state index contributed by atoms with van der Waals surface area (Å²) in [5, 5.41) is 20.2.